The third kappa shape index (κ3) is 2.18. The molecule has 1 aliphatic rings. The van der Waals surface area contributed by atoms with Crippen molar-refractivity contribution in [2.24, 2.45) is 7.05 Å². The van der Waals surface area contributed by atoms with Crippen LogP contribution in [0.2, 0.25) is 5.15 Å². The molecule has 2 heterocycles. The van der Waals surface area contributed by atoms with E-state index in [4.69, 9.17) is 16.3 Å². The number of ether oxygens (including phenoxy) is 1. The summed E-state index contributed by atoms with van der Waals surface area (Å²) in [6, 6.07) is 0. The number of imide groups is 1. The molecular weight excluding hydrogens is 246 g/mol. The van der Waals surface area contributed by atoms with E-state index in [0.29, 0.717) is 16.4 Å². The maximum Gasteiger partial charge on any atom is 0.255 e. The van der Waals surface area contributed by atoms with Gasteiger partial charge in [0.2, 0.25) is 0 Å². The predicted molar refractivity (Wildman–Crippen MR) is 59.3 cm³/mol. The van der Waals surface area contributed by atoms with Crippen LogP contribution in [0.4, 0.5) is 0 Å². The summed E-state index contributed by atoms with van der Waals surface area (Å²) in [6.07, 6.45) is 0. The molecule has 2 amide bonds. The topological polar surface area (TPSA) is 64.4 Å². The molecule has 0 unspecified atom stereocenters. The van der Waals surface area contributed by atoms with Gasteiger partial charge in [-0.25, -0.2) is 0 Å². The summed E-state index contributed by atoms with van der Waals surface area (Å²) in [4.78, 5) is 24.2. The van der Waals surface area contributed by atoms with Crippen molar-refractivity contribution < 1.29 is 14.3 Å². The van der Waals surface area contributed by atoms with E-state index in [9.17, 15) is 9.59 Å². The number of aromatic nitrogens is 2. The Hall–Kier alpha value is -1.40. The molecule has 0 N–H and O–H groups in total. The second-order valence-corrected chi connectivity index (χ2v) is 4.20. The second-order valence-electron chi connectivity index (χ2n) is 3.84. The monoisotopic (exact) mass is 257 g/mol. The van der Waals surface area contributed by atoms with Gasteiger partial charge < -0.3 is 4.74 Å². The van der Waals surface area contributed by atoms with E-state index < -0.39 is 0 Å². The number of morpholine rings is 1. The summed E-state index contributed by atoms with van der Waals surface area (Å²) in [5, 5.41) is 4.57. The molecule has 0 bridgehead atoms. The van der Waals surface area contributed by atoms with E-state index in [2.05, 4.69) is 5.10 Å². The number of amides is 2. The van der Waals surface area contributed by atoms with Crippen molar-refractivity contribution in [3.05, 3.63) is 16.4 Å². The van der Waals surface area contributed by atoms with E-state index in [-0.39, 0.29) is 31.6 Å². The highest BCUT2D eigenvalue weighted by Gasteiger charge is 2.28. The highest BCUT2D eigenvalue weighted by Crippen LogP contribution is 2.21. The number of carbonyl (C=O) groups is 2. The van der Waals surface area contributed by atoms with E-state index >= 15 is 0 Å². The molecule has 0 atom stereocenters. The molecule has 2 rings (SSSR count). The van der Waals surface area contributed by atoms with Gasteiger partial charge in [-0.15, -0.1) is 0 Å². The lowest BCUT2D eigenvalue weighted by atomic mass is 10.2. The SMILES string of the molecule is Cc1nn(C)c(Cl)c1CN1C(=O)COCC1=O. The van der Waals surface area contributed by atoms with Gasteiger partial charge >= 0.3 is 0 Å². The first kappa shape index (κ1) is 12.1. The van der Waals surface area contributed by atoms with Crippen LogP contribution in [0, 0.1) is 6.92 Å². The number of nitrogens with zero attached hydrogens (tertiary/aromatic N) is 3. The number of hydrogen-bond donors (Lipinski definition) is 0. The maximum absolute atomic E-state index is 11.5. The fourth-order valence-electron chi connectivity index (χ4n) is 1.71. The first-order valence-electron chi connectivity index (χ1n) is 5.09. The van der Waals surface area contributed by atoms with Crippen LogP contribution in [0.1, 0.15) is 11.3 Å². The zero-order chi connectivity index (χ0) is 12.6. The molecule has 0 saturated carbocycles. The van der Waals surface area contributed by atoms with Gasteiger partial charge in [0.05, 0.1) is 12.2 Å². The fourth-order valence-corrected chi connectivity index (χ4v) is 1.94. The summed E-state index contributed by atoms with van der Waals surface area (Å²) in [5.74, 6) is -0.693. The molecule has 6 nitrogen and oxygen atoms in total. The summed E-state index contributed by atoms with van der Waals surface area (Å²) in [6.45, 7) is 1.81. The molecular formula is C10H12ClN3O3. The average molecular weight is 258 g/mol. The Bertz CT molecular complexity index is 467. The lowest BCUT2D eigenvalue weighted by molar-refractivity contribution is -0.159. The molecule has 17 heavy (non-hydrogen) atoms. The molecule has 7 heteroatoms. The lowest BCUT2D eigenvalue weighted by Crippen LogP contribution is -2.45. The molecule has 1 saturated heterocycles. The standard InChI is InChI=1S/C10H12ClN3O3/c1-6-7(10(11)13(2)12-6)3-14-8(15)4-17-5-9(14)16/h3-5H2,1-2H3. The highest BCUT2D eigenvalue weighted by atomic mass is 35.5. The van der Waals surface area contributed by atoms with Crippen molar-refractivity contribution in [2.75, 3.05) is 13.2 Å². The largest absolute Gasteiger partial charge is 0.362 e. The summed E-state index contributed by atoms with van der Waals surface area (Å²) in [7, 11) is 1.71. The molecule has 1 fully saturated rings. The van der Waals surface area contributed by atoms with Crippen LogP contribution in [0.15, 0.2) is 0 Å². The van der Waals surface area contributed by atoms with Gasteiger partial charge in [0.15, 0.2) is 0 Å². The minimum Gasteiger partial charge on any atom is -0.362 e. The van der Waals surface area contributed by atoms with Crippen molar-refractivity contribution in [1.82, 2.24) is 14.7 Å². The fraction of sp³-hybridized carbons (Fsp3) is 0.500. The quantitative estimate of drug-likeness (QED) is 0.714. The Morgan fingerprint density at radius 2 is 1.94 bits per heavy atom. The van der Waals surface area contributed by atoms with Crippen molar-refractivity contribution in [1.29, 1.82) is 0 Å². The Kier molecular flexibility index (Phi) is 3.17. The van der Waals surface area contributed by atoms with Crippen LogP contribution >= 0.6 is 11.6 Å². The van der Waals surface area contributed by atoms with Crippen molar-refractivity contribution in [2.45, 2.75) is 13.5 Å². The zero-order valence-electron chi connectivity index (χ0n) is 9.57. The third-order valence-electron chi connectivity index (χ3n) is 2.64. The van der Waals surface area contributed by atoms with Crippen molar-refractivity contribution >= 4 is 23.4 Å². The van der Waals surface area contributed by atoms with Gasteiger partial charge in [-0.05, 0) is 6.92 Å². The first-order chi connectivity index (χ1) is 8.00. The third-order valence-corrected chi connectivity index (χ3v) is 3.11. The number of hydrogen-bond acceptors (Lipinski definition) is 4. The van der Waals surface area contributed by atoms with Crippen molar-refractivity contribution in [3.8, 4) is 0 Å². The molecule has 0 spiro atoms. The van der Waals surface area contributed by atoms with Gasteiger partial charge in [-0.1, -0.05) is 11.6 Å². The first-order valence-corrected chi connectivity index (χ1v) is 5.47. The smallest absolute Gasteiger partial charge is 0.255 e. The molecule has 0 radical (unpaired) electrons. The van der Waals surface area contributed by atoms with E-state index in [1.54, 1.807) is 14.0 Å². The number of aryl methyl sites for hydroxylation is 2. The number of halogens is 1. The number of carbonyl (C=O) groups excluding carboxylic acids is 2. The van der Waals surface area contributed by atoms with E-state index in [0.717, 1.165) is 4.90 Å². The van der Waals surface area contributed by atoms with Crippen LogP contribution in [-0.4, -0.2) is 39.7 Å². The number of rotatable bonds is 2. The Morgan fingerprint density at radius 1 is 1.35 bits per heavy atom. The Labute approximate surface area is 103 Å². The van der Waals surface area contributed by atoms with Crippen molar-refractivity contribution in [3.63, 3.8) is 0 Å². The van der Waals surface area contributed by atoms with Crippen LogP contribution < -0.4 is 0 Å². The second kappa shape index (κ2) is 4.46. The highest BCUT2D eigenvalue weighted by molar-refractivity contribution is 6.30. The lowest BCUT2D eigenvalue weighted by Gasteiger charge is -2.24. The van der Waals surface area contributed by atoms with Gasteiger partial charge in [0.1, 0.15) is 18.4 Å². The summed E-state index contributed by atoms with van der Waals surface area (Å²) < 4.78 is 6.35. The van der Waals surface area contributed by atoms with Gasteiger partial charge in [0.25, 0.3) is 11.8 Å². The average Bonchev–Trinajstić information content (AvgIpc) is 2.49. The molecule has 1 aliphatic heterocycles. The molecule has 92 valence electrons. The predicted octanol–water partition coefficient (Wildman–Crippen LogP) is 0.267. The molecule has 1 aromatic heterocycles. The van der Waals surface area contributed by atoms with Gasteiger partial charge in [-0.3, -0.25) is 19.2 Å². The summed E-state index contributed by atoms with van der Waals surface area (Å²) >= 11 is 6.05. The minimum absolute atomic E-state index is 0.0668. The van der Waals surface area contributed by atoms with Crippen LogP contribution in [0.5, 0.6) is 0 Å². The Balaban J connectivity index is 2.25. The summed E-state index contributed by atoms with van der Waals surface area (Å²) in [5.41, 5.74) is 1.40. The minimum atomic E-state index is -0.347. The molecule has 0 aromatic carbocycles. The van der Waals surface area contributed by atoms with Gasteiger partial charge in [0, 0.05) is 12.6 Å². The van der Waals surface area contributed by atoms with E-state index in [1.165, 1.54) is 4.68 Å². The molecule has 1 aromatic rings. The van der Waals surface area contributed by atoms with Crippen LogP contribution in [-0.2, 0) is 27.9 Å². The van der Waals surface area contributed by atoms with Crippen LogP contribution in [0.25, 0.3) is 0 Å². The van der Waals surface area contributed by atoms with Gasteiger partial charge in [-0.2, -0.15) is 5.10 Å². The normalized spacial score (nSPS) is 16.8. The van der Waals surface area contributed by atoms with E-state index in [1.807, 2.05) is 0 Å². The zero-order valence-corrected chi connectivity index (χ0v) is 10.3. The Morgan fingerprint density at radius 3 is 2.41 bits per heavy atom. The molecule has 0 aliphatic carbocycles. The van der Waals surface area contributed by atoms with Crippen LogP contribution in [0.3, 0.4) is 0 Å². The maximum atomic E-state index is 11.5.